The Morgan fingerprint density at radius 2 is 1.97 bits per heavy atom. The number of nitrogens with one attached hydrogen (secondary N) is 1. The molecular weight excluding hydrogens is 371 g/mol. The average Bonchev–Trinajstić information content (AvgIpc) is 3.09. The van der Waals surface area contributed by atoms with Gasteiger partial charge in [-0.1, -0.05) is 0 Å². The topological polar surface area (TPSA) is 79.2 Å². The summed E-state index contributed by atoms with van der Waals surface area (Å²) in [5, 5.41) is 0.463. The molecule has 0 aliphatic carbocycles. The van der Waals surface area contributed by atoms with E-state index in [-0.39, 0.29) is 17.0 Å². The number of aryl methyl sites for hydroxylation is 1. The van der Waals surface area contributed by atoms with E-state index in [9.17, 15) is 9.18 Å². The van der Waals surface area contributed by atoms with E-state index in [1.807, 2.05) is 12.3 Å². The van der Waals surface area contributed by atoms with Gasteiger partial charge in [-0.25, -0.2) is 19.3 Å². The molecule has 1 fully saturated rings. The highest BCUT2D eigenvalue weighted by Crippen LogP contribution is 2.28. The van der Waals surface area contributed by atoms with Crippen molar-refractivity contribution in [1.82, 2.24) is 29.2 Å². The number of fused-ring (bicyclic) bond motifs is 2. The van der Waals surface area contributed by atoms with Crippen molar-refractivity contribution in [2.75, 3.05) is 20.1 Å². The maximum absolute atomic E-state index is 14.4. The first-order chi connectivity index (χ1) is 14.0. The van der Waals surface area contributed by atoms with Crippen LogP contribution in [0.15, 0.2) is 35.5 Å². The van der Waals surface area contributed by atoms with Gasteiger partial charge in [0.25, 0.3) is 5.56 Å². The van der Waals surface area contributed by atoms with E-state index in [1.165, 1.54) is 6.07 Å². The highest BCUT2D eigenvalue weighted by Gasteiger charge is 2.20. The molecule has 7 nitrogen and oxygen atoms in total. The van der Waals surface area contributed by atoms with Crippen molar-refractivity contribution in [3.05, 3.63) is 58.2 Å². The summed E-state index contributed by atoms with van der Waals surface area (Å²) in [5.41, 5.74) is 2.59. The number of hydrogen-bond donors (Lipinski definition) is 1. The quantitative estimate of drug-likeness (QED) is 0.567. The van der Waals surface area contributed by atoms with Crippen LogP contribution in [0.25, 0.3) is 28.1 Å². The monoisotopic (exact) mass is 392 g/mol. The van der Waals surface area contributed by atoms with Crippen LogP contribution in [-0.4, -0.2) is 49.4 Å². The van der Waals surface area contributed by atoms with E-state index >= 15 is 0 Å². The first kappa shape index (κ1) is 17.9. The number of aromatic amines is 1. The van der Waals surface area contributed by atoms with Crippen molar-refractivity contribution in [2.45, 2.75) is 25.7 Å². The van der Waals surface area contributed by atoms with Crippen LogP contribution in [0.1, 0.15) is 30.0 Å². The second-order valence-electron chi connectivity index (χ2n) is 7.82. The normalized spacial score (nSPS) is 16.1. The molecule has 0 aromatic carbocycles. The third kappa shape index (κ3) is 3.19. The number of pyridine rings is 2. The maximum atomic E-state index is 14.4. The largest absolute Gasteiger partial charge is 0.306 e. The number of nitrogens with zero attached hydrogens (tertiary/aromatic N) is 5. The second-order valence-corrected chi connectivity index (χ2v) is 7.82. The van der Waals surface area contributed by atoms with E-state index in [0.29, 0.717) is 28.2 Å². The Morgan fingerprint density at radius 3 is 2.76 bits per heavy atom. The third-order valence-corrected chi connectivity index (χ3v) is 5.67. The van der Waals surface area contributed by atoms with Gasteiger partial charge in [-0.05, 0) is 63.5 Å². The molecule has 0 atom stereocenters. The van der Waals surface area contributed by atoms with Gasteiger partial charge < -0.3 is 14.3 Å². The summed E-state index contributed by atoms with van der Waals surface area (Å²) in [6.07, 6.45) is 7.35. The van der Waals surface area contributed by atoms with Crippen LogP contribution in [0.3, 0.4) is 0 Å². The van der Waals surface area contributed by atoms with E-state index < -0.39 is 5.82 Å². The van der Waals surface area contributed by atoms with E-state index in [1.54, 1.807) is 23.7 Å². The molecule has 5 rings (SSSR count). The van der Waals surface area contributed by atoms with E-state index in [4.69, 9.17) is 0 Å². The average molecular weight is 392 g/mol. The molecule has 0 saturated carbocycles. The summed E-state index contributed by atoms with van der Waals surface area (Å²) in [6, 6.07) is 3.23. The van der Waals surface area contributed by atoms with Gasteiger partial charge >= 0.3 is 0 Å². The van der Waals surface area contributed by atoms with E-state index in [0.717, 1.165) is 31.5 Å². The molecule has 0 spiro atoms. The number of aromatic nitrogens is 5. The van der Waals surface area contributed by atoms with Gasteiger partial charge in [0.2, 0.25) is 0 Å². The minimum absolute atomic E-state index is 0.246. The van der Waals surface area contributed by atoms with Crippen LogP contribution in [-0.2, 0) is 0 Å². The number of hydrogen-bond acceptors (Lipinski definition) is 5. The third-order valence-electron chi connectivity index (χ3n) is 5.67. The lowest BCUT2D eigenvalue weighted by Crippen LogP contribution is -2.29. The first-order valence-electron chi connectivity index (χ1n) is 9.71. The van der Waals surface area contributed by atoms with Crippen LogP contribution < -0.4 is 5.56 Å². The van der Waals surface area contributed by atoms with Gasteiger partial charge in [0, 0.05) is 24.2 Å². The second kappa shape index (κ2) is 6.73. The predicted octanol–water partition coefficient (Wildman–Crippen LogP) is 2.89. The highest BCUT2D eigenvalue weighted by molar-refractivity contribution is 5.76. The molecule has 1 saturated heterocycles. The number of rotatable bonds is 2. The van der Waals surface area contributed by atoms with Crippen molar-refractivity contribution < 1.29 is 4.39 Å². The Labute approximate surface area is 166 Å². The summed E-state index contributed by atoms with van der Waals surface area (Å²) < 4.78 is 16.0. The number of imidazole rings is 1. The summed E-state index contributed by atoms with van der Waals surface area (Å²) in [7, 11) is 2.12. The Kier molecular flexibility index (Phi) is 4.16. The van der Waals surface area contributed by atoms with Crippen molar-refractivity contribution >= 4 is 16.7 Å². The van der Waals surface area contributed by atoms with Crippen molar-refractivity contribution in [1.29, 1.82) is 0 Å². The number of halogens is 1. The van der Waals surface area contributed by atoms with E-state index in [2.05, 4.69) is 31.9 Å². The van der Waals surface area contributed by atoms with Crippen LogP contribution in [0.4, 0.5) is 4.39 Å². The molecule has 29 heavy (non-hydrogen) atoms. The minimum Gasteiger partial charge on any atom is -0.306 e. The molecule has 1 aliphatic heterocycles. The molecule has 0 radical (unpaired) electrons. The molecule has 0 bridgehead atoms. The molecule has 4 aromatic rings. The predicted molar refractivity (Wildman–Crippen MR) is 109 cm³/mol. The van der Waals surface area contributed by atoms with Gasteiger partial charge in [0.05, 0.1) is 11.1 Å². The van der Waals surface area contributed by atoms with Crippen LogP contribution in [0.2, 0.25) is 0 Å². The Hall–Kier alpha value is -3.13. The molecule has 148 valence electrons. The van der Waals surface area contributed by atoms with Gasteiger partial charge in [0.1, 0.15) is 5.82 Å². The molecule has 4 aromatic heterocycles. The van der Waals surface area contributed by atoms with Crippen LogP contribution >= 0.6 is 0 Å². The summed E-state index contributed by atoms with van der Waals surface area (Å²) in [6.45, 7) is 3.88. The van der Waals surface area contributed by atoms with Crippen molar-refractivity contribution in [3.63, 3.8) is 0 Å². The van der Waals surface area contributed by atoms with Gasteiger partial charge in [0.15, 0.2) is 17.1 Å². The number of likely N-dealkylation sites (tertiary alicyclic amines) is 1. The standard InChI is InChI=1S/C21H21FN6O/c1-12-10-28-11-15(8-17(22)20(28)24-12)18-25-19-16(21(29)26-18)7-14(9-23-19)13-3-5-27(2)6-4-13/h7-11,13H,3-6H2,1-2H3,(H,23,25,26,29). The first-order valence-corrected chi connectivity index (χ1v) is 9.71. The molecule has 1 N–H and O–H groups in total. The maximum Gasteiger partial charge on any atom is 0.260 e. The smallest absolute Gasteiger partial charge is 0.260 e. The van der Waals surface area contributed by atoms with Gasteiger partial charge in [-0.2, -0.15) is 0 Å². The van der Waals surface area contributed by atoms with Crippen molar-refractivity contribution in [2.24, 2.45) is 0 Å². The fourth-order valence-electron chi connectivity index (χ4n) is 4.05. The Bertz CT molecular complexity index is 1290. The van der Waals surface area contributed by atoms with Crippen LogP contribution in [0, 0.1) is 12.7 Å². The zero-order valence-electron chi connectivity index (χ0n) is 16.3. The fraction of sp³-hybridized carbons (Fsp3) is 0.333. The molecule has 8 heteroatoms. The molecule has 0 unspecified atom stereocenters. The minimum atomic E-state index is -0.469. The molecule has 1 aliphatic rings. The lowest BCUT2D eigenvalue weighted by molar-refractivity contribution is 0.255. The molecule has 5 heterocycles. The fourth-order valence-corrected chi connectivity index (χ4v) is 4.05. The summed E-state index contributed by atoms with van der Waals surface area (Å²) in [4.78, 5) is 30.9. The Morgan fingerprint density at radius 1 is 1.17 bits per heavy atom. The lowest BCUT2D eigenvalue weighted by Gasteiger charge is -2.29. The van der Waals surface area contributed by atoms with Crippen LogP contribution in [0.5, 0.6) is 0 Å². The zero-order valence-corrected chi connectivity index (χ0v) is 16.3. The van der Waals surface area contributed by atoms with Gasteiger partial charge in [-0.15, -0.1) is 0 Å². The lowest BCUT2D eigenvalue weighted by atomic mass is 9.90. The number of H-pyrrole nitrogens is 1. The summed E-state index contributed by atoms with van der Waals surface area (Å²) >= 11 is 0. The molecular formula is C21H21FN6O. The van der Waals surface area contributed by atoms with Crippen molar-refractivity contribution in [3.8, 4) is 11.4 Å². The Balaban J connectivity index is 1.57. The highest BCUT2D eigenvalue weighted by atomic mass is 19.1. The summed E-state index contributed by atoms with van der Waals surface area (Å²) in [5.74, 6) is 0.223. The van der Waals surface area contributed by atoms with Gasteiger partial charge in [-0.3, -0.25) is 4.79 Å². The molecule has 0 amide bonds. The number of piperidine rings is 1. The zero-order chi connectivity index (χ0) is 20.1. The SMILES string of the molecule is Cc1cn2cc(-c3nc4ncc(C5CCN(C)CC5)cc4c(=O)[nH]3)cc(F)c2n1.